The van der Waals surface area contributed by atoms with Crippen LogP contribution in [0.25, 0.3) is 0 Å². The summed E-state index contributed by atoms with van der Waals surface area (Å²) in [5.74, 6) is -5.58. The van der Waals surface area contributed by atoms with Gasteiger partial charge in [-0.2, -0.15) is 0 Å². The van der Waals surface area contributed by atoms with E-state index in [0.717, 1.165) is 56.5 Å². The minimum absolute atomic E-state index is 0.186. The standard InChI is InChI=1S/C32H31F4NP2.C20H26NP.C12H6F4IP.C6H15N/c1-2-3-16-37(38(29-19-25(33)17-26(34)20-29)30-21-27(35)18-28(36)22-30)39-31(23-10-6-4-7-11-23)14-15-32(39)24-12-8-5-9-13-24;1-2-3-16-21-22-19(17-10-6-4-7-11-17)14-15-20(22)18-12-8-5-9-13-18;13-7-1-8(14)4-11(3-7)18(17)12-5-9(15)2-10(16)6-12;1-4-7(5-2)6-3/h4-13,17-22,31-32H,2-3,14-16H2,1H3;4-13,19-21H,2-3,14-16H2,1H3;1-6H;4-6H2,1-3H3/t31-,32?,39?;19-,20-;;/m10../s1. The molecule has 0 spiro atoms. The number of nitrogens with zero attached hydrogens (tertiary/aromatic N) is 2. The van der Waals surface area contributed by atoms with Gasteiger partial charge in [0.15, 0.2) is 0 Å². The Morgan fingerprint density at radius 3 is 0.988 bits per heavy atom. The van der Waals surface area contributed by atoms with Crippen LogP contribution in [0, 0.1) is 46.5 Å². The number of rotatable bonds is 20. The van der Waals surface area contributed by atoms with E-state index in [-0.39, 0.29) is 19.4 Å². The van der Waals surface area contributed by atoms with Gasteiger partial charge in [0.05, 0.1) is 0 Å². The van der Waals surface area contributed by atoms with Crippen molar-refractivity contribution in [3.05, 3.63) is 263 Å². The van der Waals surface area contributed by atoms with Crippen molar-refractivity contribution in [1.29, 1.82) is 0 Å². The average Bonchev–Trinajstić information content (AvgIpc) is 1.63. The molecule has 0 saturated carbocycles. The second-order valence-electron chi connectivity index (χ2n) is 21.1. The fourth-order valence-corrected chi connectivity index (χ4v) is 24.6. The molecule has 8 aromatic carbocycles. The van der Waals surface area contributed by atoms with Crippen molar-refractivity contribution in [2.75, 3.05) is 32.7 Å². The Bertz CT molecular complexity index is 3000. The molecule has 16 heteroatoms. The minimum atomic E-state index is -1.63. The van der Waals surface area contributed by atoms with Crippen LogP contribution >= 0.6 is 51.8 Å². The first-order valence-corrected chi connectivity index (χ1v) is 38.1. The molecular formula is C70H78F8IN3P4. The first kappa shape index (κ1) is 69.0. The molecule has 3 nitrogen and oxygen atoms in total. The third-order valence-corrected chi connectivity index (χ3v) is 29.4. The van der Waals surface area contributed by atoms with Crippen molar-refractivity contribution < 1.29 is 35.1 Å². The first-order valence-electron chi connectivity index (χ1n) is 29.7. The maximum absolute atomic E-state index is 14.6. The molecule has 0 bridgehead atoms. The molecular weight excluding hydrogens is 1290 g/mol. The van der Waals surface area contributed by atoms with Crippen molar-refractivity contribution in [2.45, 2.75) is 109 Å². The van der Waals surface area contributed by atoms with E-state index in [0.29, 0.717) is 39.1 Å². The summed E-state index contributed by atoms with van der Waals surface area (Å²) >= 11 is 1.94. The lowest BCUT2D eigenvalue weighted by Gasteiger charge is -2.42. The van der Waals surface area contributed by atoms with Gasteiger partial charge in [0.2, 0.25) is 0 Å². The molecule has 0 amide bonds. The van der Waals surface area contributed by atoms with Crippen LogP contribution in [0.15, 0.2) is 194 Å². The van der Waals surface area contributed by atoms with Crippen LogP contribution in [-0.2, 0) is 0 Å². The lowest BCUT2D eigenvalue weighted by atomic mass is 10.0. The van der Waals surface area contributed by atoms with Crippen LogP contribution in [-0.4, -0.2) is 42.1 Å². The van der Waals surface area contributed by atoms with Gasteiger partial charge in [-0.25, -0.2) is 35.1 Å². The van der Waals surface area contributed by atoms with E-state index in [1.165, 1.54) is 116 Å². The molecule has 0 aromatic heterocycles. The zero-order valence-corrected chi connectivity index (χ0v) is 55.3. The summed E-state index contributed by atoms with van der Waals surface area (Å²) in [5.41, 5.74) is 6.12. The Morgan fingerprint density at radius 2 is 0.698 bits per heavy atom. The molecule has 2 unspecified atom stereocenters. The van der Waals surface area contributed by atoms with E-state index in [9.17, 15) is 35.1 Å². The number of hydrogen-bond acceptors (Lipinski definition) is 3. The molecule has 2 saturated heterocycles. The molecule has 8 aromatic rings. The van der Waals surface area contributed by atoms with E-state index in [1.807, 2.05) is 58.4 Å². The van der Waals surface area contributed by atoms with Gasteiger partial charge < -0.3 is 4.90 Å². The van der Waals surface area contributed by atoms with Crippen molar-refractivity contribution in [2.24, 2.45) is 0 Å². The SMILES string of the molecule is CCCCN(P(c1cc(F)cc(F)c1)c1cc(F)cc(F)c1)P1C(c2ccccc2)CC[C@@H]1c1ccccc1.CCCCNP1[C@H](c2ccccc2)CC[C@H]1c1ccccc1.CCN(CC)CC.Fc1cc(F)cc(P(I)c2cc(F)cc(F)c2)c1. The van der Waals surface area contributed by atoms with Gasteiger partial charge in [0, 0.05) is 77.7 Å². The van der Waals surface area contributed by atoms with Crippen molar-refractivity contribution in [3.8, 4) is 0 Å². The molecule has 0 radical (unpaired) electrons. The average molecular weight is 1360 g/mol. The number of unbranched alkanes of at least 4 members (excludes halogenated alkanes) is 2. The summed E-state index contributed by atoms with van der Waals surface area (Å²) in [7, 11) is -2.77. The number of halogens is 9. The normalized spacial score (nSPS) is 17.5. The lowest BCUT2D eigenvalue weighted by molar-refractivity contribution is 0.321. The molecule has 5 atom stereocenters. The summed E-state index contributed by atoms with van der Waals surface area (Å²) in [5, 5.41) is 5.56. The Labute approximate surface area is 523 Å². The molecule has 10 rings (SSSR count). The highest BCUT2D eigenvalue weighted by molar-refractivity contribution is 14.2. The third kappa shape index (κ3) is 20.0. The van der Waals surface area contributed by atoms with E-state index in [4.69, 9.17) is 0 Å². The zero-order chi connectivity index (χ0) is 61.5. The van der Waals surface area contributed by atoms with Gasteiger partial charge in [-0.05, 0) is 184 Å². The zero-order valence-electron chi connectivity index (χ0n) is 49.6. The smallest absolute Gasteiger partial charge is 0.126 e. The number of nitrogens with one attached hydrogen (secondary N) is 1. The van der Waals surface area contributed by atoms with Gasteiger partial charge in [0.1, 0.15) is 46.5 Å². The highest BCUT2D eigenvalue weighted by Crippen LogP contribution is 2.76. The van der Waals surface area contributed by atoms with Gasteiger partial charge in [-0.1, -0.05) is 169 Å². The molecule has 0 aliphatic carbocycles. The fraction of sp³-hybridized carbons (Fsp3) is 0.314. The van der Waals surface area contributed by atoms with Crippen LogP contribution in [0.2, 0.25) is 0 Å². The molecule has 1 N–H and O–H groups in total. The molecule has 86 heavy (non-hydrogen) atoms. The predicted octanol–water partition coefficient (Wildman–Crippen LogP) is 20.8. The second kappa shape index (κ2) is 35.7. The van der Waals surface area contributed by atoms with Crippen LogP contribution in [0.1, 0.15) is 131 Å². The Balaban J connectivity index is 0.000000189. The number of hydrogen-bond donors (Lipinski definition) is 1. The summed E-state index contributed by atoms with van der Waals surface area (Å²) in [6, 6.07) is 56.2. The van der Waals surface area contributed by atoms with Crippen molar-refractivity contribution >= 4 is 73.0 Å². The second-order valence-corrected chi connectivity index (χ2v) is 32.9. The summed E-state index contributed by atoms with van der Waals surface area (Å²) in [6.45, 7) is 16.3. The number of benzene rings is 8. The monoisotopic (exact) mass is 1360 g/mol. The first-order chi connectivity index (χ1) is 41.6. The summed E-state index contributed by atoms with van der Waals surface area (Å²) in [6.07, 6.45) is 8.89. The van der Waals surface area contributed by atoms with Crippen LogP contribution in [0.3, 0.4) is 0 Å². The fourth-order valence-electron chi connectivity index (χ4n) is 11.0. The molecule has 2 heterocycles. The minimum Gasteiger partial charge on any atom is -0.304 e. The van der Waals surface area contributed by atoms with Gasteiger partial charge >= 0.3 is 0 Å². The molecule has 2 aliphatic heterocycles. The van der Waals surface area contributed by atoms with Gasteiger partial charge in [0.25, 0.3) is 0 Å². The molecule has 2 aliphatic rings. The van der Waals surface area contributed by atoms with E-state index in [2.05, 4.69) is 134 Å². The highest BCUT2D eigenvalue weighted by Gasteiger charge is 2.44. The topological polar surface area (TPSA) is 18.5 Å². The third-order valence-electron chi connectivity index (χ3n) is 15.2. The maximum atomic E-state index is 14.6. The highest BCUT2D eigenvalue weighted by atomic mass is 127. The van der Waals surface area contributed by atoms with E-state index < -0.39 is 68.2 Å². The largest absolute Gasteiger partial charge is 0.304 e. The van der Waals surface area contributed by atoms with Crippen LogP contribution in [0.4, 0.5) is 35.1 Å². The Hall–Kier alpha value is -4.47. The van der Waals surface area contributed by atoms with E-state index >= 15 is 0 Å². The molecule has 456 valence electrons. The van der Waals surface area contributed by atoms with Gasteiger partial charge in [-0.15, -0.1) is 0 Å². The Morgan fingerprint density at radius 1 is 0.407 bits per heavy atom. The quantitative estimate of drug-likeness (QED) is 0.0355. The Kier molecular flexibility index (Phi) is 28.6. The van der Waals surface area contributed by atoms with E-state index in [1.54, 1.807) is 0 Å². The van der Waals surface area contributed by atoms with Crippen molar-refractivity contribution in [3.63, 3.8) is 0 Å². The maximum Gasteiger partial charge on any atom is 0.126 e. The lowest BCUT2D eigenvalue weighted by Crippen LogP contribution is -2.29. The predicted molar refractivity (Wildman–Crippen MR) is 359 cm³/mol. The molecule has 2 fully saturated rings. The van der Waals surface area contributed by atoms with Crippen LogP contribution < -0.4 is 26.3 Å². The summed E-state index contributed by atoms with van der Waals surface area (Å²) in [4.78, 5) is 2.38. The van der Waals surface area contributed by atoms with Crippen molar-refractivity contribution in [1.82, 2.24) is 14.4 Å². The van der Waals surface area contributed by atoms with Gasteiger partial charge in [-0.3, -0.25) is 9.53 Å². The van der Waals surface area contributed by atoms with Crippen LogP contribution in [0.5, 0.6) is 0 Å². The summed E-state index contributed by atoms with van der Waals surface area (Å²) < 4.78 is 113.